The molecule has 0 aliphatic carbocycles. The maximum Gasteiger partial charge on any atom is 0.608 e. The smallest absolute Gasteiger partial charge is 0.395 e. The van der Waals surface area contributed by atoms with Crippen molar-refractivity contribution in [1.29, 1.82) is 0 Å². The van der Waals surface area contributed by atoms with Crippen molar-refractivity contribution in [2.75, 3.05) is 0 Å². The summed E-state index contributed by atoms with van der Waals surface area (Å²) in [7, 11) is 0. The number of hydrogen-bond donors (Lipinski definition) is 0. The zero-order valence-corrected chi connectivity index (χ0v) is 7.27. The first kappa shape index (κ1) is 11.2. The van der Waals surface area contributed by atoms with Gasteiger partial charge in [-0.1, -0.05) is 26.3 Å². The largest absolute Gasteiger partial charge is 0.608 e. The van der Waals surface area contributed by atoms with Gasteiger partial charge in [0.05, 0.1) is 25.0 Å². The fraction of sp³-hybridized carbons (Fsp3) is 0.111. The van der Waals surface area contributed by atoms with Gasteiger partial charge in [0.1, 0.15) is 0 Å². The predicted octanol–water partition coefficient (Wildman–Crippen LogP) is 2.24. The summed E-state index contributed by atoms with van der Waals surface area (Å²) in [5, 5.41) is 0. The molecule has 0 bridgehead atoms. The second kappa shape index (κ2) is 5.77. The van der Waals surface area contributed by atoms with Crippen LogP contribution < -0.4 is 0 Å². The molecule has 0 atom stereocenters. The zero-order valence-electron chi connectivity index (χ0n) is 7.27. The van der Waals surface area contributed by atoms with Crippen molar-refractivity contribution in [3.8, 4) is 0 Å². The fourth-order valence-electron chi connectivity index (χ4n) is 0.575. The van der Waals surface area contributed by atoms with Crippen LogP contribution in [-0.4, -0.2) is 6.16 Å². The highest BCUT2D eigenvalue weighted by molar-refractivity contribution is 4.65. The van der Waals surface area contributed by atoms with Crippen LogP contribution in [0.3, 0.4) is 0 Å². The molecule has 0 saturated carbocycles. The van der Waals surface area contributed by atoms with Gasteiger partial charge in [-0.05, 0) is 0 Å². The molecule has 0 radical (unpaired) electrons. The first-order valence-electron chi connectivity index (χ1n) is 3.39. The van der Waals surface area contributed by atoms with E-state index in [0.717, 1.165) is 25.0 Å². The summed E-state index contributed by atoms with van der Waals surface area (Å²) < 4.78 is 19.3. The number of ether oxygens (including phenoxy) is 4. The molecule has 0 N–H and O–H groups in total. The molecule has 72 valence electrons. The number of rotatable bonds is 8. The Hall–Kier alpha value is -1.84. The maximum atomic E-state index is 4.83. The van der Waals surface area contributed by atoms with Crippen LogP contribution in [0.25, 0.3) is 0 Å². The van der Waals surface area contributed by atoms with Gasteiger partial charge in [-0.2, -0.15) is 0 Å². The lowest BCUT2D eigenvalue weighted by molar-refractivity contribution is -0.437. The first-order chi connectivity index (χ1) is 6.24. The van der Waals surface area contributed by atoms with E-state index < -0.39 is 6.16 Å². The predicted molar refractivity (Wildman–Crippen MR) is 47.9 cm³/mol. The topological polar surface area (TPSA) is 36.9 Å². The van der Waals surface area contributed by atoms with Crippen LogP contribution in [-0.2, 0) is 18.9 Å². The molecule has 0 aliphatic heterocycles. The average Bonchev–Trinajstić information content (AvgIpc) is 2.06. The second-order valence-corrected chi connectivity index (χ2v) is 1.64. The summed E-state index contributed by atoms with van der Waals surface area (Å²) in [6.45, 7) is 13.3. The van der Waals surface area contributed by atoms with E-state index in [1.54, 1.807) is 0 Å². The highest BCUT2D eigenvalue weighted by atomic mass is 17.0. The summed E-state index contributed by atoms with van der Waals surface area (Å²) in [6.07, 6.45) is 2.60. The monoisotopic (exact) mass is 184 g/mol. The first-order valence-corrected chi connectivity index (χ1v) is 3.39. The van der Waals surface area contributed by atoms with Crippen molar-refractivity contribution in [2.45, 2.75) is 6.16 Å². The van der Waals surface area contributed by atoms with Crippen LogP contribution in [0.15, 0.2) is 51.4 Å². The van der Waals surface area contributed by atoms with E-state index in [0.29, 0.717) is 0 Å². The molecule has 0 aliphatic rings. The highest BCUT2D eigenvalue weighted by Crippen LogP contribution is 2.18. The van der Waals surface area contributed by atoms with Gasteiger partial charge in [-0.25, -0.2) is 0 Å². The van der Waals surface area contributed by atoms with Crippen molar-refractivity contribution in [2.24, 2.45) is 0 Å². The van der Waals surface area contributed by atoms with Gasteiger partial charge in [-0.3, -0.25) is 0 Å². The van der Waals surface area contributed by atoms with Crippen molar-refractivity contribution in [3.63, 3.8) is 0 Å². The minimum absolute atomic E-state index is 1.09. The van der Waals surface area contributed by atoms with Gasteiger partial charge < -0.3 is 18.9 Å². The van der Waals surface area contributed by atoms with Crippen molar-refractivity contribution < 1.29 is 18.9 Å². The Morgan fingerprint density at radius 1 is 0.615 bits per heavy atom. The molecule has 4 nitrogen and oxygen atoms in total. The molecule has 13 heavy (non-hydrogen) atoms. The van der Waals surface area contributed by atoms with E-state index in [4.69, 9.17) is 18.9 Å². The Balaban J connectivity index is 4.53. The lowest BCUT2D eigenvalue weighted by Crippen LogP contribution is -2.36. The van der Waals surface area contributed by atoms with E-state index in [2.05, 4.69) is 26.3 Å². The molecule has 0 aromatic carbocycles. The third kappa shape index (κ3) is 3.37. The van der Waals surface area contributed by atoms with E-state index in [9.17, 15) is 0 Å². The minimum Gasteiger partial charge on any atom is -0.395 e. The second-order valence-electron chi connectivity index (χ2n) is 1.64. The van der Waals surface area contributed by atoms with Gasteiger partial charge in [0.15, 0.2) is 0 Å². The third-order valence-electron chi connectivity index (χ3n) is 0.911. The van der Waals surface area contributed by atoms with Gasteiger partial charge in [0.2, 0.25) is 0 Å². The third-order valence-corrected chi connectivity index (χ3v) is 0.911. The Morgan fingerprint density at radius 3 is 1.00 bits per heavy atom. The molecule has 0 fully saturated rings. The molecule has 0 spiro atoms. The molecular formula is C9H12O4. The minimum atomic E-state index is -1.77. The summed E-state index contributed by atoms with van der Waals surface area (Å²) in [5.41, 5.74) is 0. The Kier molecular flexibility index (Phi) is 4.95. The molecule has 4 heteroatoms. The molecule has 0 heterocycles. The molecule has 0 aromatic rings. The van der Waals surface area contributed by atoms with E-state index in [-0.39, 0.29) is 0 Å². The Bertz CT molecular complexity index is 152. The summed E-state index contributed by atoms with van der Waals surface area (Å²) in [5.74, 6) is 0. The van der Waals surface area contributed by atoms with Crippen molar-refractivity contribution >= 4 is 0 Å². The fourth-order valence-corrected chi connectivity index (χ4v) is 0.575. The lowest BCUT2D eigenvalue weighted by Gasteiger charge is -2.26. The highest BCUT2D eigenvalue weighted by Gasteiger charge is 2.37. The Labute approximate surface area is 77.4 Å². The van der Waals surface area contributed by atoms with Crippen LogP contribution in [0.1, 0.15) is 0 Å². The number of hydrogen-bond acceptors (Lipinski definition) is 4. The van der Waals surface area contributed by atoms with Gasteiger partial charge in [0, 0.05) is 0 Å². The van der Waals surface area contributed by atoms with Crippen molar-refractivity contribution in [1.82, 2.24) is 0 Å². The molecule has 0 unspecified atom stereocenters. The van der Waals surface area contributed by atoms with Gasteiger partial charge >= 0.3 is 6.16 Å². The lowest BCUT2D eigenvalue weighted by atomic mass is 10.9. The summed E-state index contributed by atoms with van der Waals surface area (Å²) in [6, 6.07) is 0. The Morgan fingerprint density at radius 2 is 0.846 bits per heavy atom. The van der Waals surface area contributed by atoms with Gasteiger partial charge in [0.25, 0.3) is 0 Å². The molecular weight excluding hydrogens is 172 g/mol. The van der Waals surface area contributed by atoms with E-state index >= 15 is 0 Å². The van der Waals surface area contributed by atoms with Crippen LogP contribution in [0, 0.1) is 0 Å². The summed E-state index contributed by atoms with van der Waals surface area (Å²) in [4.78, 5) is 0. The van der Waals surface area contributed by atoms with Crippen LogP contribution in [0.5, 0.6) is 0 Å². The SMILES string of the molecule is C=COC(OC=C)(OC=C)OC=C. The molecule has 0 rings (SSSR count). The maximum absolute atomic E-state index is 4.83. The average molecular weight is 184 g/mol. The molecule has 0 amide bonds. The van der Waals surface area contributed by atoms with E-state index in [1.807, 2.05) is 0 Å². The quantitative estimate of drug-likeness (QED) is 0.428. The zero-order chi connectivity index (χ0) is 10.2. The normalized spacial score (nSPS) is 9.23. The summed E-state index contributed by atoms with van der Waals surface area (Å²) >= 11 is 0. The standard InChI is InChI=1S/C9H12O4/c1-5-10-9(11-6-2,12-7-3)13-8-4/h5-8H,1-4H2. The van der Waals surface area contributed by atoms with E-state index in [1.165, 1.54) is 0 Å². The van der Waals surface area contributed by atoms with Crippen molar-refractivity contribution in [3.05, 3.63) is 51.4 Å². The van der Waals surface area contributed by atoms with Crippen LogP contribution in [0.2, 0.25) is 0 Å². The van der Waals surface area contributed by atoms with Crippen LogP contribution in [0.4, 0.5) is 0 Å². The molecule has 0 saturated heterocycles. The molecule has 0 aromatic heterocycles. The van der Waals surface area contributed by atoms with Crippen LogP contribution >= 0.6 is 0 Å². The van der Waals surface area contributed by atoms with Gasteiger partial charge in [-0.15, -0.1) is 0 Å².